The van der Waals surface area contributed by atoms with E-state index in [0.717, 1.165) is 0 Å². The quantitative estimate of drug-likeness (QED) is 0.611. The molecule has 0 saturated carbocycles. The molecule has 0 spiro atoms. The van der Waals surface area contributed by atoms with Crippen molar-refractivity contribution in [1.29, 1.82) is 0 Å². The van der Waals surface area contributed by atoms with Crippen LogP contribution in [0, 0.1) is 5.92 Å². The fourth-order valence-corrected chi connectivity index (χ4v) is 5.55. The molecule has 30 heavy (non-hydrogen) atoms. The summed E-state index contributed by atoms with van der Waals surface area (Å²) in [6.45, 7) is 2.70. The SMILES string of the molecule is CCOc1ccc(S(=O)(=O)N2CCC(C(=O)Nc3c(Cl)cccc3Cl)CC2)cc1Cl. The van der Waals surface area contributed by atoms with Gasteiger partial charge in [-0.05, 0) is 50.1 Å². The predicted octanol–water partition coefficient (Wildman–Crippen LogP) is 5.08. The number of piperidine rings is 1. The highest BCUT2D eigenvalue weighted by molar-refractivity contribution is 7.89. The number of ether oxygens (including phenoxy) is 1. The van der Waals surface area contributed by atoms with Gasteiger partial charge < -0.3 is 10.1 Å². The molecule has 1 amide bonds. The zero-order chi connectivity index (χ0) is 21.9. The number of carbonyl (C=O) groups excluding carboxylic acids is 1. The molecule has 2 aromatic rings. The average molecular weight is 492 g/mol. The van der Waals surface area contributed by atoms with Crippen molar-refractivity contribution in [3.8, 4) is 5.75 Å². The number of benzene rings is 2. The summed E-state index contributed by atoms with van der Waals surface area (Å²) in [4.78, 5) is 12.7. The molecule has 0 atom stereocenters. The van der Waals surface area contributed by atoms with Crippen molar-refractivity contribution in [1.82, 2.24) is 4.31 Å². The van der Waals surface area contributed by atoms with Crippen molar-refractivity contribution in [3.63, 3.8) is 0 Å². The van der Waals surface area contributed by atoms with Crippen LogP contribution in [0.1, 0.15) is 19.8 Å². The van der Waals surface area contributed by atoms with Gasteiger partial charge in [-0.3, -0.25) is 4.79 Å². The molecule has 0 bridgehead atoms. The van der Waals surface area contributed by atoms with Gasteiger partial charge in [0.1, 0.15) is 5.75 Å². The lowest BCUT2D eigenvalue weighted by atomic mass is 9.97. The fraction of sp³-hybridized carbons (Fsp3) is 0.350. The number of carbonyl (C=O) groups is 1. The minimum Gasteiger partial charge on any atom is -0.492 e. The number of halogens is 3. The Balaban J connectivity index is 1.66. The third kappa shape index (κ3) is 5.03. The number of amides is 1. The Morgan fingerprint density at radius 2 is 1.73 bits per heavy atom. The van der Waals surface area contributed by atoms with Crippen molar-refractivity contribution >= 4 is 56.4 Å². The topological polar surface area (TPSA) is 75.7 Å². The van der Waals surface area contributed by atoms with Gasteiger partial charge in [0.05, 0.1) is 32.3 Å². The van der Waals surface area contributed by atoms with E-state index in [1.165, 1.54) is 16.4 Å². The lowest BCUT2D eigenvalue weighted by Crippen LogP contribution is -2.41. The van der Waals surface area contributed by atoms with Crippen molar-refractivity contribution in [3.05, 3.63) is 51.5 Å². The number of nitrogens with one attached hydrogen (secondary N) is 1. The van der Waals surface area contributed by atoms with Crippen LogP contribution in [0.4, 0.5) is 5.69 Å². The molecule has 10 heteroatoms. The van der Waals surface area contributed by atoms with Gasteiger partial charge in [0.15, 0.2) is 0 Å². The van der Waals surface area contributed by atoms with Crippen LogP contribution in [0.2, 0.25) is 15.1 Å². The molecular formula is C20H21Cl3N2O4S. The van der Waals surface area contributed by atoms with E-state index in [1.807, 2.05) is 6.92 Å². The van der Waals surface area contributed by atoms with Gasteiger partial charge >= 0.3 is 0 Å². The number of hydrogen-bond donors (Lipinski definition) is 1. The van der Waals surface area contributed by atoms with Crippen LogP contribution >= 0.6 is 34.8 Å². The summed E-state index contributed by atoms with van der Waals surface area (Å²) < 4.78 is 32.6. The van der Waals surface area contributed by atoms with Gasteiger partial charge in [-0.1, -0.05) is 40.9 Å². The van der Waals surface area contributed by atoms with E-state index in [4.69, 9.17) is 39.5 Å². The van der Waals surface area contributed by atoms with Crippen LogP contribution < -0.4 is 10.1 Å². The maximum Gasteiger partial charge on any atom is 0.243 e. The van der Waals surface area contributed by atoms with Crippen molar-refractivity contribution in [2.24, 2.45) is 5.92 Å². The highest BCUT2D eigenvalue weighted by Crippen LogP contribution is 2.33. The summed E-state index contributed by atoms with van der Waals surface area (Å²) in [5.41, 5.74) is 0.366. The summed E-state index contributed by atoms with van der Waals surface area (Å²) in [6, 6.07) is 9.38. The summed E-state index contributed by atoms with van der Waals surface area (Å²) >= 11 is 18.3. The maximum atomic E-state index is 13.0. The van der Waals surface area contributed by atoms with Crippen molar-refractivity contribution < 1.29 is 17.9 Å². The van der Waals surface area contributed by atoms with Gasteiger partial charge in [-0.2, -0.15) is 4.31 Å². The summed E-state index contributed by atoms with van der Waals surface area (Å²) in [6.07, 6.45) is 0.774. The first kappa shape index (κ1) is 23.2. The third-order valence-electron chi connectivity index (χ3n) is 4.88. The first-order chi connectivity index (χ1) is 14.2. The molecule has 1 aliphatic heterocycles. The van der Waals surface area contributed by atoms with Crippen LogP contribution in [0.5, 0.6) is 5.75 Å². The number of nitrogens with zero attached hydrogens (tertiary/aromatic N) is 1. The van der Waals surface area contributed by atoms with Crippen molar-refractivity contribution in [2.75, 3.05) is 25.0 Å². The summed E-state index contributed by atoms with van der Waals surface area (Å²) in [5, 5.41) is 3.70. The number of sulfonamides is 1. The smallest absolute Gasteiger partial charge is 0.243 e. The van der Waals surface area contributed by atoms with E-state index in [-0.39, 0.29) is 34.8 Å². The lowest BCUT2D eigenvalue weighted by molar-refractivity contribution is -0.120. The molecule has 3 rings (SSSR count). The first-order valence-corrected chi connectivity index (χ1v) is 12.0. The molecule has 1 N–H and O–H groups in total. The highest BCUT2D eigenvalue weighted by Gasteiger charge is 2.32. The molecule has 162 valence electrons. The monoisotopic (exact) mass is 490 g/mol. The van der Waals surface area contributed by atoms with E-state index in [0.29, 0.717) is 40.9 Å². The summed E-state index contributed by atoms with van der Waals surface area (Å²) in [5.74, 6) is -0.134. The van der Waals surface area contributed by atoms with Gasteiger partial charge in [-0.25, -0.2) is 8.42 Å². The molecule has 0 radical (unpaired) electrons. The minimum atomic E-state index is -3.72. The standard InChI is InChI=1S/C20H21Cl3N2O4S/c1-2-29-18-7-6-14(12-17(18)23)30(27,28)25-10-8-13(9-11-25)20(26)24-19-15(21)4-3-5-16(19)22/h3-7,12-13H,2,8-11H2,1H3,(H,24,26). The van der Waals surface area contributed by atoms with Gasteiger partial charge in [0.2, 0.25) is 15.9 Å². The second-order valence-electron chi connectivity index (χ2n) is 6.79. The lowest BCUT2D eigenvalue weighted by Gasteiger charge is -2.30. The molecule has 0 aliphatic carbocycles. The number of rotatable bonds is 6. The predicted molar refractivity (Wildman–Crippen MR) is 119 cm³/mol. The molecule has 1 fully saturated rings. The van der Waals surface area contributed by atoms with Crippen LogP contribution in [0.15, 0.2) is 41.3 Å². The minimum absolute atomic E-state index is 0.0988. The first-order valence-electron chi connectivity index (χ1n) is 9.41. The van der Waals surface area contributed by atoms with E-state index in [1.54, 1.807) is 24.3 Å². The Bertz CT molecular complexity index is 1020. The molecule has 0 aromatic heterocycles. The van der Waals surface area contributed by atoms with Crippen LogP contribution in [0.25, 0.3) is 0 Å². The molecule has 1 heterocycles. The fourth-order valence-electron chi connectivity index (χ4n) is 3.26. The summed E-state index contributed by atoms with van der Waals surface area (Å²) in [7, 11) is -3.72. The van der Waals surface area contributed by atoms with E-state index < -0.39 is 10.0 Å². The maximum absolute atomic E-state index is 13.0. The largest absolute Gasteiger partial charge is 0.492 e. The van der Waals surface area contributed by atoms with Crippen LogP contribution in [-0.4, -0.2) is 38.3 Å². The molecule has 2 aromatic carbocycles. The second-order valence-corrected chi connectivity index (χ2v) is 9.95. The molecular weight excluding hydrogens is 471 g/mol. The van der Waals surface area contributed by atoms with E-state index >= 15 is 0 Å². The molecule has 0 unspecified atom stereocenters. The van der Waals surface area contributed by atoms with Crippen LogP contribution in [0.3, 0.4) is 0 Å². The second kappa shape index (κ2) is 9.75. The number of anilines is 1. The van der Waals surface area contributed by atoms with Crippen molar-refractivity contribution in [2.45, 2.75) is 24.7 Å². The van der Waals surface area contributed by atoms with E-state index in [9.17, 15) is 13.2 Å². The molecule has 1 aliphatic rings. The molecule has 1 saturated heterocycles. The zero-order valence-corrected chi connectivity index (χ0v) is 19.3. The van der Waals surface area contributed by atoms with Gasteiger partial charge in [0.25, 0.3) is 0 Å². The third-order valence-corrected chi connectivity index (χ3v) is 7.70. The Kier molecular flexibility index (Phi) is 7.52. The molecule has 6 nitrogen and oxygen atoms in total. The number of para-hydroxylation sites is 1. The number of hydrogen-bond acceptors (Lipinski definition) is 4. The Morgan fingerprint density at radius 3 is 2.30 bits per heavy atom. The van der Waals surface area contributed by atoms with Gasteiger partial charge in [0, 0.05) is 19.0 Å². The Labute approximate surface area is 191 Å². The Morgan fingerprint density at radius 1 is 1.10 bits per heavy atom. The van der Waals surface area contributed by atoms with Gasteiger partial charge in [-0.15, -0.1) is 0 Å². The normalized spacial score (nSPS) is 15.7. The van der Waals surface area contributed by atoms with E-state index in [2.05, 4.69) is 5.32 Å². The van der Waals surface area contributed by atoms with Crippen LogP contribution in [-0.2, 0) is 14.8 Å². The highest BCUT2D eigenvalue weighted by atomic mass is 35.5. The Hall–Kier alpha value is -1.51. The average Bonchev–Trinajstić information content (AvgIpc) is 2.72. The zero-order valence-electron chi connectivity index (χ0n) is 16.2.